The molecule has 0 bridgehead atoms. The molecule has 0 spiro atoms. The third-order valence-corrected chi connectivity index (χ3v) is 9.28. The molecule has 1 aliphatic carbocycles. The summed E-state index contributed by atoms with van der Waals surface area (Å²) in [6.07, 6.45) is 2.91. The lowest BCUT2D eigenvalue weighted by Crippen LogP contribution is -2.31. The van der Waals surface area contributed by atoms with Crippen LogP contribution in [0.25, 0.3) is 10.9 Å². The SMILES string of the molecule is CC(C)Oc1ccc(S(=O)(=O)N2CC(C3CCC3)[C@@H](n3nc(CC(=O)O)c4cc(C#N)ccc43)C2)cc1. The maximum atomic E-state index is 13.7. The van der Waals surface area contributed by atoms with Crippen LogP contribution in [-0.2, 0) is 21.2 Å². The first-order chi connectivity index (χ1) is 17.7. The summed E-state index contributed by atoms with van der Waals surface area (Å²) in [5.41, 5.74) is 1.53. The van der Waals surface area contributed by atoms with Crippen LogP contribution >= 0.6 is 0 Å². The third-order valence-electron chi connectivity index (χ3n) is 7.43. The van der Waals surface area contributed by atoms with Gasteiger partial charge in [-0.1, -0.05) is 19.3 Å². The fraction of sp³-hybridized carbons (Fsp3) is 0.444. The first-order valence-electron chi connectivity index (χ1n) is 12.6. The Kier molecular flexibility index (Phi) is 6.68. The summed E-state index contributed by atoms with van der Waals surface area (Å²) in [5.74, 6) is 0.0485. The fourth-order valence-electron chi connectivity index (χ4n) is 5.47. The van der Waals surface area contributed by atoms with Crippen molar-refractivity contribution < 1.29 is 23.1 Å². The van der Waals surface area contributed by atoms with Gasteiger partial charge >= 0.3 is 5.97 Å². The maximum Gasteiger partial charge on any atom is 0.309 e. The van der Waals surface area contributed by atoms with Gasteiger partial charge < -0.3 is 9.84 Å². The molecular weight excluding hydrogens is 492 g/mol. The lowest BCUT2D eigenvalue weighted by molar-refractivity contribution is -0.136. The Hall–Kier alpha value is -3.42. The molecule has 3 aromatic rings. The van der Waals surface area contributed by atoms with Gasteiger partial charge in [-0.3, -0.25) is 9.48 Å². The number of ether oxygens (including phenoxy) is 1. The minimum atomic E-state index is -3.75. The molecule has 37 heavy (non-hydrogen) atoms. The van der Waals surface area contributed by atoms with E-state index in [1.54, 1.807) is 42.5 Å². The van der Waals surface area contributed by atoms with Gasteiger partial charge in [-0.05, 0) is 68.1 Å². The minimum absolute atomic E-state index is 0.0100. The van der Waals surface area contributed by atoms with Gasteiger partial charge in [0.1, 0.15) is 5.75 Å². The topological polar surface area (TPSA) is 126 Å². The van der Waals surface area contributed by atoms with Gasteiger partial charge in [0.05, 0.1) is 46.3 Å². The highest BCUT2D eigenvalue weighted by atomic mass is 32.2. The number of hydrogen-bond acceptors (Lipinski definition) is 6. The summed E-state index contributed by atoms with van der Waals surface area (Å²) in [6, 6.07) is 13.5. The summed E-state index contributed by atoms with van der Waals surface area (Å²) in [6.45, 7) is 4.46. The van der Waals surface area contributed by atoms with Crippen LogP contribution in [0.3, 0.4) is 0 Å². The summed E-state index contributed by atoms with van der Waals surface area (Å²) < 4.78 is 36.3. The van der Waals surface area contributed by atoms with Gasteiger partial charge in [-0.25, -0.2) is 8.42 Å². The van der Waals surface area contributed by atoms with E-state index in [-0.39, 0.29) is 35.9 Å². The van der Waals surface area contributed by atoms with Crippen LogP contribution < -0.4 is 4.74 Å². The lowest BCUT2D eigenvalue weighted by atomic mass is 9.74. The van der Waals surface area contributed by atoms with Crippen LogP contribution in [0, 0.1) is 23.2 Å². The molecule has 194 valence electrons. The predicted octanol–water partition coefficient (Wildman–Crippen LogP) is 3.98. The number of aromatic nitrogens is 2. The monoisotopic (exact) mass is 522 g/mol. The molecule has 0 amide bonds. The molecule has 1 saturated heterocycles. The van der Waals surface area contributed by atoms with Crippen LogP contribution in [0.5, 0.6) is 5.75 Å². The van der Waals surface area contributed by atoms with Crippen LogP contribution in [0.4, 0.5) is 0 Å². The van der Waals surface area contributed by atoms with Crippen molar-refractivity contribution in [2.45, 2.75) is 56.6 Å². The molecule has 1 saturated carbocycles. The number of fused-ring (bicyclic) bond motifs is 1. The van der Waals surface area contributed by atoms with Crippen molar-refractivity contribution in [2.24, 2.45) is 11.8 Å². The highest BCUT2D eigenvalue weighted by Crippen LogP contribution is 2.45. The van der Waals surface area contributed by atoms with Crippen molar-refractivity contribution in [1.29, 1.82) is 5.26 Å². The number of hydrogen-bond donors (Lipinski definition) is 1. The number of rotatable bonds is 8. The molecule has 1 unspecified atom stereocenters. The Bertz CT molecular complexity index is 1470. The molecule has 1 N–H and O–H groups in total. The van der Waals surface area contributed by atoms with Crippen molar-refractivity contribution in [2.75, 3.05) is 13.1 Å². The molecule has 2 aromatic carbocycles. The van der Waals surface area contributed by atoms with E-state index >= 15 is 0 Å². The normalized spacial score (nSPS) is 20.7. The molecule has 2 fully saturated rings. The third kappa shape index (κ3) is 4.81. The zero-order valence-corrected chi connectivity index (χ0v) is 21.7. The standard InChI is InChI=1S/C27H30N4O5S/c1-17(2)36-20-7-9-21(10-8-20)37(34,35)30-15-23(19-4-3-5-19)26(16-30)31-25-11-6-18(14-28)12-22(25)24(29-31)13-27(32)33/h6-12,17,19,23,26H,3-5,13,15-16H2,1-2H3,(H,32,33)/t23?,26-/m0/s1. The highest BCUT2D eigenvalue weighted by Gasteiger charge is 2.46. The highest BCUT2D eigenvalue weighted by molar-refractivity contribution is 7.89. The largest absolute Gasteiger partial charge is 0.491 e. The minimum Gasteiger partial charge on any atom is -0.491 e. The number of carboxylic acids is 1. The van der Waals surface area contributed by atoms with Crippen molar-refractivity contribution in [3.63, 3.8) is 0 Å². The average Bonchev–Trinajstić information content (AvgIpc) is 3.39. The smallest absolute Gasteiger partial charge is 0.309 e. The van der Waals surface area contributed by atoms with E-state index in [1.165, 1.54) is 4.31 Å². The number of sulfonamides is 1. The second kappa shape index (κ2) is 9.80. The predicted molar refractivity (Wildman–Crippen MR) is 137 cm³/mol. The van der Waals surface area contributed by atoms with Crippen molar-refractivity contribution >= 4 is 26.9 Å². The summed E-state index contributed by atoms with van der Waals surface area (Å²) in [7, 11) is -3.75. The van der Waals surface area contributed by atoms with Crippen molar-refractivity contribution in [3.8, 4) is 11.8 Å². The summed E-state index contributed by atoms with van der Waals surface area (Å²) >= 11 is 0. The molecule has 2 heterocycles. The molecule has 9 nitrogen and oxygen atoms in total. The Morgan fingerprint density at radius 3 is 2.51 bits per heavy atom. The molecule has 1 aliphatic heterocycles. The van der Waals surface area contributed by atoms with Crippen LogP contribution in [0.1, 0.15) is 50.4 Å². The van der Waals surface area contributed by atoms with E-state index in [1.807, 2.05) is 18.5 Å². The Morgan fingerprint density at radius 2 is 1.92 bits per heavy atom. The molecule has 1 aromatic heterocycles. The van der Waals surface area contributed by atoms with E-state index in [4.69, 9.17) is 9.84 Å². The number of aliphatic carboxylic acids is 1. The number of nitrogens with zero attached hydrogens (tertiary/aromatic N) is 4. The van der Waals surface area contributed by atoms with Gasteiger partial charge in [-0.15, -0.1) is 0 Å². The molecule has 2 atom stereocenters. The number of benzene rings is 2. The van der Waals surface area contributed by atoms with Gasteiger partial charge in [-0.2, -0.15) is 14.7 Å². The van der Waals surface area contributed by atoms with E-state index in [2.05, 4.69) is 6.07 Å². The Morgan fingerprint density at radius 1 is 1.19 bits per heavy atom. The van der Waals surface area contributed by atoms with E-state index in [0.29, 0.717) is 34.9 Å². The van der Waals surface area contributed by atoms with E-state index in [9.17, 15) is 23.6 Å². The van der Waals surface area contributed by atoms with Crippen LogP contribution in [-0.4, -0.2) is 52.8 Å². The van der Waals surface area contributed by atoms with Gasteiger partial charge in [0.2, 0.25) is 10.0 Å². The second-order valence-electron chi connectivity index (χ2n) is 10.2. The summed E-state index contributed by atoms with van der Waals surface area (Å²) in [4.78, 5) is 11.8. The number of carbonyl (C=O) groups is 1. The maximum absolute atomic E-state index is 13.7. The lowest BCUT2D eigenvalue weighted by Gasteiger charge is -2.34. The quantitative estimate of drug-likeness (QED) is 0.474. The molecule has 2 aliphatic rings. The Balaban J connectivity index is 1.51. The van der Waals surface area contributed by atoms with E-state index in [0.717, 1.165) is 24.8 Å². The van der Waals surface area contributed by atoms with Crippen molar-refractivity contribution in [1.82, 2.24) is 14.1 Å². The summed E-state index contributed by atoms with van der Waals surface area (Å²) in [5, 5.41) is 24.1. The van der Waals surface area contributed by atoms with E-state index < -0.39 is 16.0 Å². The zero-order chi connectivity index (χ0) is 26.3. The molecular formula is C27H30N4O5S. The fourth-order valence-corrected chi connectivity index (χ4v) is 6.97. The first kappa shape index (κ1) is 25.2. The zero-order valence-electron chi connectivity index (χ0n) is 20.9. The van der Waals surface area contributed by atoms with Gasteiger partial charge in [0.25, 0.3) is 0 Å². The second-order valence-corrected chi connectivity index (χ2v) is 12.1. The van der Waals surface area contributed by atoms with Crippen LogP contribution in [0.15, 0.2) is 47.4 Å². The molecule has 5 rings (SSSR count). The van der Waals surface area contributed by atoms with Gasteiger partial charge in [0.15, 0.2) is 0 Å². The van der Waals surface area contributed by atoms with Crippen LogP contribution in [0.2, 0.25) is 0 Å². The number of nitriles is 1. The first-order valence-corrected chi connectivity index (χ1v) is 14.0. The average molecular weight is 523 g/mol. The van der Waals surface area contributed by atoms with Crippen molar-refractivity contribution in [3.05, 3.63) is 53.7 Å². The van der Waals surface area contributed by atoms with Gasteiger partial charge in [0, 0.05) is 18.5 Å². The number of carboxylic acid groups (broad SMARTS) is 1. The molecule has 0 radical (unpaired) electrons. The Labute approximate surface area is 216 Å². The molecule has 10 heteroatoms.